The number of nitrogens with one attached hydrogen (secondary N) is 1. The van der Waals surface area contributed by atoms with Crippen LogP contribution in [0.3, 0.4) is 0 Å². The SMILES string of the molecule is N#Cc1ccc(NC(=O)COC(=O)c2ccc3c(c2)S(=O)(=O)c2ccccc2C3=O)cc1Cl. The molecule has 10 heteroatoms. The van der Waals surface area contributed by atoms with Crippen molar-refractivity contribution in [2.75, 3.05) is 11.9 Å². The fraction of sp³-hybridized carbons (Fsp3) is 0.0435. The molecule has 1 aliphatic heterocycles. The Morgan fingerprint density at radius 3 is 2.45 bits per heavy atom. The number of benzene rings is 3. The van der Waals surface area contributed by atoms with Crippen LogP contribution in [0.25, 0.3) is 0 Å². The van der Waals surface area contributed by atoms with Crippen molar-refractivity contribution in [3.63, 3.8) is 0 Å². The summed E-state index contributed by atoms with van der Waals surface area (Å²) in [5, 5.41) is 11.5. The van der Waals surface area contributed by atoms with Crippen molar-refractivity contribution in [2.24, 2.45) is 0 Å². The number of carbonyl (C=O) groups excluding carboxylic acids is 3. The van der Waals surface area contributed by atoms with E-state index in [4.69, 9.17) is 21.6 Å². The quantitative estimate of drug-likeness (QED) is 0.443. The van der Waals surface area contributed by atoms with Crippen LogP contribution in [0.5, 0.6) is 0 Å². The van der Waals surface area contributed by atoms with Crippen LogP contribution in [0.1, 0.15) is 31.8 Å². The van der Waals surface area contributed by atoms with E-state index in [2.05, 4.69) is 5.32 Å². The Morgan fingerprint density at radius 2 is 1.73 bits per heavy atom. The molecular weight excluding hydrogens is 468 g/mol. The van der Waals surface area contributed by atoms with Gasteiger partial charge in [-0.05, 0) is 48.5 Å². The molecule has 0 aromatic heterocycles. The Labute approximate surface area is 193 Å². The van der Waals surface area contributed by atoms with Crippen LogP contribution in [-0.4, -0.2) is 32.7 Å². The number of esters is 1. The molecule has 0 spiro atoms. The summed E-state index contributed by atoms with van der Waals surface area (Å²) in [5.74, 6) is -2.07. The number of amides is 1. The molecule has 0 unspecified atom stereocenters. The lowest BCUT2D eigenvalue weighted by molar-refractivity contribution is -0.119. The fourth-order valence-corrected chi connectivity index (χ4v) is 5.21. The molecule has 0 bridgehead atoms. The highest BCUT2D eigenvalue weighted by Crippen LogP contribution is 2.34. The van der Waals surface area contributed by atoms with E-state index in [-0.39, 0.29) is 37.1 Å². The molecule has 1 aliphatic rings. The van der Waals surface area contributed by atoms with Crippen molar-refractivity contribution in [1.82, 2.24) is 0 Å². The summed E-state index contributed by atoms with van der Waals surface area (Å²) in [6.45, 7) is -0.651. The number of rotatable bonds is 4. The second-order valence-corrected chi connectivity index (χ2v) is 9.26. The zero-order valence-corrected chi connectivity index (χ0v) is 18.2. The van der Waals surface area contributed by atoms with E-state index >= 15 is 0 Å². The first-order chi connectivity index (χ1) is 15.7. The lowest BCUT2D eigenvalue weighted by atomic mass is 10.0. The molecule has 0 radical (unpaired) electrons. The van der Waals surface area contributed by atoms with Gasteiger partial charge in [-0.2, -0.15) is 5.26 Å². The normalized spacial score (nSPS) is 13.3. The van der Waals surface area contributed by atoms with E-state index in [0.29, 0.717) is 5.69 Å². The second-order valence-electron chi connectivity index (χ2n) is 6.97. The summed E-state index contributed by atoms with van der Waals surface area (Å²) in [4.78, 5) is 36.8. The number of hydrogen-bond acceptors (Lipinski definition) is 7. The van der Waals surface area contributed by atoms with Gasteiger partial charge in [0.15, 0.2) is 12.4 Å². The summed E-state index contributed by atoms with van der Waals surface area (Å²) in [7, 11) is -4.02. The Morgan fingerprint density at radius 1 is 1.00 bits per heavy atom. The zero-order valence-electron chi connectivity index (χ0n) is 16.7. The minimum absolute atomic E-state index is 0.0410. The number of hydrogen-bond donors (Lipinski definition) is 1. The third kappa shape index (κ3) is 4.09. The molecule has 3 aromatic carbocycles. The van der Waals surface area contributed by atoms with Gasteiger partial charge in [0.25, 0.3) is 5.91 Å². The van der Waals surface area contributed by atoms with Crippen molar-refractivity contribution in [2.45, 2.75) is 9.79 Å². The standard InChI is InChI=1S/C23H13ClN2O6S/c24-18-10-15(7-5-14(18)11-25)26-21(27)12-32-23(29)13-6-8-17-20(9-13)33(30,31)19-4-2-1-3-16(19)22(17)28/h1-10H,12H2,(H,26,27). The number of ether oxygens (including phenoxy) is 1. The minimum atomic E-state index is -4.02. The topological polar surface area (TPSA) is 130 Å². The Bertz CT molecular complexity index is 1490. The van der Waals surface area contributed by atoms with Gasteiger partial charge >= 0.3 is 5.97 Å². The van der Waals surface area contributed by atoms with Crippen molar-refractivity contribution in [3.8, 4) is 6.07 Å². The maximum Gasteiger partial charge on any atom is 0.338 e. The molecule has 1 heterocycles. The molecule has 164 valence electrons. The fourth-order valence-electron chi connectivity index (χ4n) is 3.31. The third-order valence-corrected chi connectivity index (χ3v) is 7.04. The van der Waals surface area contributed by atoms with E-state index in [0.717, 1.165) is 6.07 Å². The average molecular weight is 481 g/mol. The van der Waals surface area contributed by atoms with Crippen LogP contribution < -0.4 is 5.32 Å². The van der Waals surface area contributed by atoms with Crippen molar-refractivity contribution in [3.05, 3.63) is 87.9 Å². The van der Waals surface area contributed by atoms with Crippen LogP contribution in [0.4, 0.5) is 5.69 Å². The van der Waals surface area contributed by atoms with E-state index in [1.165, 1.54) is 48.5 Å². The number of sulfone groups is 1. The Kier molecular flexibility index (Phi) is 5.72. The number of fused-ring (bicyclic) bond motifs is 2. The van der Waals surface area contributed by atoms with Crippen LogP contribution in [0.15, 0.2) is 70.5 Å². The monoisotopic (exact) mass is 480 g/mol. The van der Waals surface area contributed by atoms with Crippen molar-refractivity contribution < 1.29 is 27.5 Å². The molecule has 0 fully saturated rings. The molecule has 0 aliphatic carbocycles. The predicted molar refractivity (Wildman–Crippen MR) is 117 cm³/mol. The molecule has 1 N–H and O–H groups in total. The van der Waals surface area contributed by atoms with Gasteiger partial charge in [0.05, 0.1) is 25.9 Å². The smallest absolute Gasteiger partial charge is 0.338 e. The first kappa shape index (κ1) is 22.2. The van der Waals surface area contributed by atoms with Crippen LogP contribution in [-0.2, 0) is 19.4 Å². The van der Waals surface area contributed by atoms with Crippen molar-refractivity contribution >= 4 is 44.8 Å². The molecule has 0 saturated carbocycles. The van der Waals surface area contributed by atoms with Crippen LogP contribution in [0.2, 0.25) is 5.02 Å². The molecule has 0 atom stereocenters. The van der Waals surface area contributed by atoms with E-state index in [1.54, 1.807) is 6.07 Å². The highest BCUT2D eigenvalue weighted by molar-refractivity contribution is 7.91. The van der Waals surface area contributed by atoms with Gasteiger partial charge in [-0.25, -0.2) is 13.2 Å². The minimum Gasteiger partial charge on any atom is -0.452 e. The summed E-state index contributed by atoms with van der Waals surface area (Å²) < 4.78 is 30.9. The number of carbonyl (C=O) groups is 3. The summed E-state index contributed by atoms with van der Waals surface area (Å²) >= 11 is 5.91. The van der Waals surface area contributed by atoms with Gasteiger partial charge in [-0.3, -0.25) is 9.59 Å². The highest BCUT2D eigenvalue weighted by Gasteiger charge is 2.35. The molecule has 1 amide bonds. The Hall–Kier alpha value is -4.00. The van der Waals surface area contributed by atoms with Crippen LogP contribution in [0, 0.1) is 11.3 Å². The number of halogens is 1. The largest absolute Gasteiger partial charge is 0.452 e. The molecular formula is C23H13ClN2O6S. The third-order valence-electron chi connectivity index (χ3n) is 4.88. The zero-order chi connectivity index (χ0) is 23.8. The number of nitrogens with zero attached hydrogens (tertiary/aromatic N) is 1. The van der Waals surface area contributed by atoms with Crippen molar-refractivity contribution in [1.29, 1.82) is 5.26 Å². The summed E-state index contributed by atoms with van der Waals surface area (Å²) in [5.41, 5.74) is 0.445. The lowest BCUT2D eigenvalue weighted by Crippen LogP contribution is -2.22. The second kappa shape index (κ2) is 8.50. The maximum absolute atomic E-state index is 13.0. The molecule has 0 saturated heterocycles. The van der Waals surface area contributed by atoms with E-state index in [1.807, 2.05) is 6.07 Å². The van der Waals surface area contributed by atoms with Gasteiger partial charge in [-0.1, -0.05) is 23.7 Å². The van der Waals surface area contributed by atoms with E-state index in [9.17, 15) is 22.8 Å². The van der Waals surface area contributed by atoms with Crippen LogP contribution >= 0.6 is 11.6 Å². The highest BCUT2D eigenvalue weighted by atomic mass is 35.5. The van der Waals surface area contributed by atoms with Gasteiger partial charge < -0.3 is 10.1 Å². The van der Waals surface area contributed by atoms with Gasteiger partial charge in [0.2, 0.25) is 9.84 Å². The molecule has 8 nitrogen and oxygen atoms in total. The molecule has 33 heavy (non-hydrogen) atoms. The van der Waals surface area contributed by atoms with Gasteiger partial charge in [0.1, 0.15) is 6.07 Å². The number of ketones is 1. The Balaban J connectivity index is 1.49. The average Bonchev–Trinajstić information content (AvgIpc) is 2.81. The first-order valence-electron chi connectivity index (χ1n) is 9.42. The summed E-state index contributed by atoms with van der Waals surface area (Å²) in [6.07, 6.45) is 0. The predicted octanol–water partition coefficient (Wildman–Crippen LogP) is 3.38. The lowest BCUT2D eigenvalue weighted by Gasteiger charge is -2.19. The van der Waals surface area contributed by atoms with E-state index < -0.39 is 34.1 Å². The first-order valence-corrected chi connectivity index (χ1v) is 11.3. The summed E-state index contributed by atoms with van der Waals surface area (Å²) in [6, 6.07) is 15.6. The van der Waals surface area contributed by atoms with Gasteiger partial charge in [0, 0.05) is 16.8 Å². The molecule has 4 rings (SSSR count). The number of nitriles is 1. The maximum atomic E-state index is 13.0. The number of anilines is 1. The van der Waals surface area contributed by atoms with Gasteiger partial charge in [-0.15, -0.1) is 0 Å². The molecule has 3 aromatic rings.